The summed E-state index contributed by atoms with van der Waals surface area (Å²) in [5.41, 5.74) is 3.14. The zero-order chi connectivity index (χ0) is 29.2. The van der Waals surface area contributed by atoms with E-state index in [1.165, 1.54) is 28.0 Å². The molecule has 6 rings (SSSR count). The van der Waals surface area contributed by atoms with E-state index in [2.05, 4.69) is 10.2 Å². The molecule has 2 aliphatic rings. The van der Waals surface area contributed by atoms with E-state index in [0.29, 0.717) is 40.0 Å². The maximum Gasteiger partial charge on any atom is 0.301 e. The van der Waals surface area contributed by atoms with Gasteiger partial charge in [-0.1, -0.05) is 72.5 Å². The molecule has 1 amide bonds. The summed E-state index contributed by atoms with van der Waals surface area (Å²) in [5.74, 6) is 0.263. The molecule has 214 valence electrons. The van der Waals surface area contributed by atoms with Crippen LogP contribution in [0.2, 0.25) is 0 Å². The summed E-state index contributed by atoms with van der Waals surface area (Å²) < 4.78 is 12.3. The third-order valence-corrected chi connectivity index (χ3v) is 9.19. The number of hydrogen-bond acceptors (Lipinski definition) is 9. The smallest absolute Gasteiger partial charge is 0.301 e. The van der Waals surface area contributed by atoms with Gasteiger partial charge in [0.05, 0.1) is 18.2 Å². The molecule has 3 aromatic carbocycles. The molecule has 1 N–H and O–H groups in total. The van der Waals surface area contributed by atoms with Crippen molar-refractivity contribution in [1.29, 1.82) is 0 Å². The van der Waals surface area contributed by atoms with Gasteiger partial charge in [0.25, 0.3) is 5.78 Å². The summed E-state index contributed by atoms with van der Waals surface area (Å²) >= 11 is 2.75. The third-order valence-electron chi connectivity index (χ3n) is 7.07. The lowest BCUT2D eigenvalue weighted by Gasteiger charge is -2.23. The fourth-order valence-corrected chi connectivity index (χ4v) is 6.97. The van der Waals surface area contributed by atoms with Gasteiger partial charge in [-0.15, -0.1) is 10.2 Å². The molecule has 0 saturated carbocycles. The number of hydrogen-bond donors (Lipinski definition) is 1. The van der Waals surface area contributed by atoms with Crippen LogP contribution in [-0.2, 0) is 21.8 Å². The van der Waals surface area contributed by atoms with Gasteiger partial charge in [-0.05, 0) is 60.4 Å². The number of anilines is 1. The second-order valence-corrected chi connectivity index (χ2v) is 12.3. The maximum atomic E-state index is 13.6. The van der Waals surface area contributed by atoms with Crippen LogP contribution in [0.25, 0.3) is 5.76 Å². The van der Waals surface area contributed by atoms with Crippen molar-refractivity contribution < 1.29 is 24.2 Å². The Morgan fingerprint density at radius 3 is 2.74 bits per heavy atom. The standard InChI is InChI=1S/C32H29N3O5S2/c1-3-14-39-24-11-7-10-21(17-24)27-26(28(36)22-12-13-25-23(16-22)15-19(2)40-25)29(37)30(38)35(27)31-33-34-32(42-31)41-18-20-8-5-4-6-9-20/h4-13,16-17,19,27,36H,3,14-15,18H2,1-2H3/t19-,27-/m1/s1. The maximum absolute atomic E-state index is 13.6. The van der Waals surface area contributed by atoms with Crippen LogP contribution in [-0.4, -0.2) is 39.7 Å². The second-order valence-electron chi connectivity index (χ2n) is 10.2. The van der Waals surface area contributed by atoms with E-state index in [-0.39, 0.29) is 22.6 Å². The van der Waals surface area contributed by atoms with Crippen molar-refractivity contribution in [1.82, 2.24) is 10.2 Å². The molecule has 4 aromatic rings. The van der Waals surface area contributed by atoms with E-state index in [9.17, 15) is 14.7 Å². The number of carbonyl (C=O) groups is 2. The molecule has 2 aliphatic heterocycles. The fraction of sp³-hybridized carbons (Fsp3) is 0.250. The van der Waals surface area contributed by atoms with Crippen molar-refractivity contribution >= 4 is 45.7 Å². The predicted octanol–water partition coefficient (Wildman–Crippen LogP) is 6.57. The summed E-state index contributed by atoms with van der Waals surface area (Å²) in [6, 6.07) is 21.7. The van der Waals surface area contributed by atoms with Gasteiger partial charge in [0.2, 0.25) is 5.13 Å². The molecule has 0 radical (unpaired) electrons. The topological polar surface area (TPSA) is 102 Å². The number of Topliss-reactive ketones (excluding diaryl/α,β-unsaturated/α-hetero) is 1. The fourth-order valence-electron chi connectivity index (χ4n) is 5.14. The van der Waals surface area contributed by atoms with Crippen LogP contribution >= 0.6 is 23.1 Å². The molecular weight excluding hydrogens is 571 g/mol. The first kappa shape index (κ1) is 28.0. The molecular formula is C32H29N3O5S2. The van der Waals surface area contributed by atoms with Gasteiger partial charge in [-0.2, -0.15) is 0 Å². The molecule has 42 heavy (non-hydrogen) atoms. The number of benzene rings is 3. The minimum absolute atomic E-state index is 0.00626. The van der Waals surface area contributed by atoms with Crippen molar-refractivity contribution in [2.75, 3.05) is 11.5 Å². The lowest BCUT2D eigenvalue weighted by molar-refractivity contribution is -0.132. The highest BCUT2D eigenvalue weighted by molar-refractivity contribution is 8.00. The zero-order valence-corrected chi connectivity index (χ0v) is 24.8. The SMILES string of the molecule is CCCOc1cccc([C@@H]2C(=C(O)c3ccc4c(c3)C[C@@H](C)O4)C(=O)C(=O)N2c2nnc(SCc3ccccc3)s2)c1. The number of thioether (sulfide) groups is 1. The van der Waals surface area contributed by atoms with Crippen LogP contribution in [0.4, 0.5) is 5.13 Å². The Labute approximate surface area is 252 Å². The average molecular weight is 600 g/mol. The van der Waals surface area contributed by atoms with Crippen LogP contribution in [0.5, 0.6) is 11.5 Å². The monoisotopic (exact) mass is 599 g/mol. The molecule has 8 nitrogen and oxygen atoms in total. The van der Waals surface area contributed by atoms with Crippen LogP contribution in [0, 0.1) is 0 Å². The summed E-state index contributed by atoms with van der Waals surface area (Å²) in [4.78, 5) is 28.6. The van der Waals surface area contributed by atoms with Crippen LogP contribution in [0.3, 0.4) is 0 Å². The van der Waals surface area contributed by atoms with Crippen molar-refractivity contribution in [3.05, 3.63) is 101 Å². The summed E-state index contributed by atoms with van der Waals surface area (Å²) in [7, 11) is 0. The molecule has 10 heteroatoms. The number of rotatable bonds is 9. The quantitative estimate of drug-likeness (QED) is 0.0758. The summed E-state index contributed by atoms with van der Waals surface area (Å²) in [6.45, 7) is 4.52. The minimum Gasteiger partial charge on any atom is -0.507 e. The van der Waals surface area contributed by atoms with Crippen molar-refractivity contribution in [2.45, 2.75) is 48.9 Å². The Morgan fingerprint density at radius 2 is 1.93 bits per heavy atom. The van der Waals surface area contributed by atoms with Crippen LogP contribution in [0.1, 0.15) is 48.6 Å². The lowest BCUT2D eigenvalue weighted by atomic mass is 9.94. The second kappa shape index (κ2) is 12.0. The average Bonchev–Trinajstić information content (AvgIpc) is 3.70. The number of aliphatic hydroxyl groups is 1. The predicted molar refractivity (Wildman–Crippen MR) is 163 cm³/mol. The van der Waals surface area contributed by atoms with Crippen molar-refractivity contribution in [3.63, 3.8) is 0 Å². The number of ketones is 1. The summed E-state index contributed by atoms with van der Waals surface area (Å²) in [5, 5.41) is 20.5. The normalized spacial score (nSPS) is 19.1. The van der Waals surface area contributed by atoms with Gasteiger partial charge in [-0.3, -0.25) is 14.5 Å². The highest BCUT2D eigenvalue weighted by Crippen LogP contribution is 2.45. The van der Waals surface area contributed by atoms with Gasteiger partial charge in [0, 0.05) is 17.7 Å². The number of amides is 1. The van der Waals surface area contributed by atoms with E-state index in [4.69, 9.17) is 9.47 Å². The Kier molecular flexibility index (Phi) is 7.99. The third kappa shape index (κ3) is 5.52. The van der Waals surface area contributed by atoms with E-state index >= 15 is 0 Å². The van der Waals surface area contributed by atoms with E-state index in [0.717, 1.165) is 23.3 Å². The number of aromatic nitrogens is 2. The number of ether oxygens (including phenoxy) is 2. The molecule has 0 spiro atoms. The minimum atomic E-state index is -0.918. The zero-order valence-electron chi connectivity index (χ0n) is 23.1. The van der Waals surface area contributed by atoms with E-state index in [1.54, 1.807) is 18.2 Å². The molecule has 0 unspecified atom stereocenters. The number of carbonyl (C=O) groups excluding carboxylic acids is 2. The molecule has 1 saturated heterocycles. The Balaban J connectivity index is 1.40. The van der Waals surface area contributed by atoms with Gasteiger partial charge in [0.1, 0.15) is 23.4 Å². The first-order valence-corrected chi connectivity index (χ1v) is 15.6. The molecule has 0 bridgehead atoms. The molecule has 2 atom stereocenters. The first-order valence-electron chi connectivity index (χ1n) is 13.8. The van der Waals surface area contributed by atoms with Crippen molar-refractivity contribution in [2.24, 2.45) is 0 Å². The lowest BCUT2D eigenvalue weighted by Crippen LogP contribution is -2.29. The number of nitrogens with zero attached hydrogens (tertiary/aromatic N) is 3. The summed E-state index contributed by atoms with van der Waals surface area (Å²) in [6.07, 6.45) is 1.55. The Bertz CT molecular complexity index is 1670. The molecule has 0 aliphatic carbocycles. The van der Waals surface area contributed by atoms with Crippen LogP contribution in [0.15, 0.2) is 82.7 Å². The number of aliphatic hydroxyl groups excluding tert-OH is 1. The highest BCUT2D eigenvalue weighted by atomic mass is 32.2. The molecule has 1 aromatic heterocycles. The van der Waals surface area contributed by atoms with Gasteiger partial charge in [0.15, 0.2) is 4.34 Å². The van der Waals surface area contributed by atoms with Crippen LogP contribution < -0.4 is 14.4 Å². The molecule has 3 heterocycles. The first-order chi connectivity index (χ1) is 20.4. The Hall–Kier alpha value is -4.15. The van der Waals surface area contributed by atoms with Gasteiger partial charge >= 0.3 is 5.91 Å². The van der Waals surface area contributed by atoms with Gasteiger partial charge in [-0.25, -0.2) is 0 Å². The highest BCUT2D eigenvalue weighted by Gasteiger charge is 2.48. The largest absolute Gasteiger partial charge is 0.507 e. The van der Waals surface area contributed by atoms with E-state index < -0.39 is 17.7 Å². The van der Waals surface area contributed by atoms with Crippen molar-refractivity contribution in [3.8, 4) is 11.5 Å². The van der Waals surface area contributed by atoms with E-state index in [1.807, 2.05) is 68.4 Å². The molecule has 1 fully saturated rings. The number of fused-ring (bicyclic) bond motifs is 1. The van der Waals surface area contributed by atoms with Gasteiger partial charge < -0.3 is 14.6 Å². The Morgan fingerprint density at radius 1 is 1.10 bits per heavy atom.